The summed E-state index contributed by atoms with van der Waals surface area (Å²) < 4.78 is 7.65. The van der Waals surface area contributed by atoms with E-state index in [0.717, 1.165) is 30.3 Å². The zero-order valence-electron chi connectivity index (χ0n) is 17.6. The van der Waals surface area contributed by atoms with Gasteiger partial charge in [0.25, 0.3) is 5.56 Å². The van der Waals surface area contributed by atoms with Crippen molar-refractivity contribution in [2.45, 2.75) is 49.6 Å². The molecule has 164 valence electrons. The lowest BCUT2D eigenvalue weighted by molar-refractivity contribution is -0.118. The van der Waals surface area contributed by atoms with E-state index in [1.165, 1.54) is 29.8 Å². The van der Waals surface area contributed by atoms with Gasteiger partial charge in [-0.2, -0.15) is 0 Å². The van der Waals surface area contributed by atoms with Crippen molar-refractivity contribution in [2.75, 3.05) is 5.75 Å². The Morgan fingerprint density at radius 3 is 2.68 bits per heavy atom. The molecule has 0 unspecified atom stereocenters. The molecule has 0 aliphatic heterocycles. The molecule has 1 amide bonds. The van der Waals surface area contributed by atoms with E-state index in [0.29, 0.717) is 28.8 Å². The van der Waals surface area contributed by atoms with Crippen molar-refractivity contribution in [1.82, 2.24) is 24.4 Å². The lowest BCUT2D eigenvalue weighted by atomic mass is 9.89. The van der Waals surface area contributed by atoms with Crippen molar-refractivity contribution >= 4 is 28.7 Å². The average molecular weight is 444 g/mol. The highest BCUT2D eigenvalue weighted by molar-refractivity contribution is 8.00. The Morgan fingerprint density at radius 2 is 1.97 bits per heavy atom. The fourth-order valence-corrected chi connectivity index (χ4v) is 4.73. The summed E-state index contributed by atoms with van der Waals surface area (Å²) in [5.74, 6) is 1.39. The third-order valence-corrected chi connectivity index (χ3v) is 6.61. The Morgan fingerprint density at radius 1 is 1.19 bits per heavy atom. The molecule has 1 fully saturated rings. The Hall–Kier alpha value is -2.88. The summed E-state index contributed by atoms with van der Waals surface area (Å²) in [7, 11) is 3.04. The first-order valence-corrected chi connectivity index (χ1v) is 11.3. The SMILES string of the molecule is Cn1c(=O)c2c(SCC(=O)NCc3ccco3)nc(C3CCCCC3)nc2n(C)c1=O. The number of carbonyl (C=O) groups excluding carboxylic acids is 1. The number of thioether (sulfide) groups is 1. The summed E-state index contributed by atoms with van der Waals surface area (Å²) in [6.07, 6.45) is 6.94. The number of carbonyl (C=O) groups is 1. The van der Waals surface area contributed by atoms with Gasteiger partial charge in [0.1, 0.15) is 22.0 Å². The maximum Gasteiger partial charge on any atom is 0.332 e. The molecule has 1 saturated carbocycles. The molecule has 0 bridgehead atoms. The van der Waals surface area contributed by atoms with Crippen molar-refractivity contribution in [3.8, 4) is 0 Å². The van der Waals surface area contributed by atoms with Crippen molar-refractivity contribution in [2.24, 2.45) is 14.1 Å². The molecule has 3 aromatic rings. The Bertz CT molecular complexity index is 1210. The molecular weight excluding hydrogens is 418 g/mol. The van der Waals surface area contributed by atoms with Crippen LogP contribution in [0.5, 0.6) is 0 Å². The summed E-state index contributed by atoms with van der Waals surface area (Å²) >= 11 is 1.19. The fourth-order valence-electron chi connectivity index (χ4n) is 3.88. The van der Waals surface area contributed by atoms with Crippen LogP contribution in [0.4, 0.5) is 0 Å². The van der Waals surface area contributed by atoms with E-state index in [-0.39, 0.29) is 23.0 Å². The zero-order chi connectivity index (χ0) is 22.0. The number of hydrogen-bond acceptors (Lipinski definition) is 7. The van der Waals surface area contributed by atoms with E-state index >= 15 is 0 Å². The molecule has 31 heavy (non-hydrogen) atoms. The summed E-state index contributed by atoms with van der Waals surface area (Å²) in [4.78, 5) is 47.0. The summed E-state index contributed by atoms with van der Waals surface area (Å²) in [6, 6.07) is 3.54. The molecule has 10 heteroatoms. The molecule has 3 aromatic heterocycles. The first kappa shape index (κ1) is 21.4. The quantitative estimate of drug-likeness (QED) is 0.458. The van der Waals surface area contributed by atoms with Gasteiger partial charge in [-0.1, -0.05) is 31.0 Å². The van der Waals surface area contributed by atoms with E-state index in [2.05, 4.69) is 10.3 Å². The minimum atomic E-state index is -0.452. The summed E-state index contributed by atoms with van der Waals surface area (Å²) in [6.45, 7) is 0.292. The van der Waals surface area contributed by atoms with Crippen molar-refractivity contribution in [3.05, 3.63) is 50.8 Å². The molecule has 0 saturated heterocycles. The molecule has 1 N–H and O–H groups in total. The number of nitrogens with zero attached hydrogens (tertiary/aromatic N) is 4. The Balaban J connectivity index is 1.67. The highest BCUT2D eigenvalue weighted by Crippen LogP contribution is 2.33. The van der Waals surface area contributed by atoms with E-state index in [4.69, 9.17) is 9.40 Å². The van der Waals surface area contributed by atoms with Crippen molar-refractivity contribution in [3.63, 3.8) is 0 Å². The molecule has 1 aliphatic rings. The van der Waals surface area contributed by atoms with Gasteiger partial charge in [0.15, 0.2) is 5.65 Å². The van der Waals surface area contributed by atoms with Gasteiger partial charge in [-0.3, -0.25) is 18.7 Å². The van der Waals surface area contributed by atoms with E-state index in [1.807, 2.05) is 0 Å². The molecule has 0 aromatic carbocycles. The van der Waals surface area contributed by atoms with Gasteiger partial charge < -0.3 is 9.73 Å². The lowest BCUT2D eigenvalue weighted by Crippen LogP contribution is -2.38. The van der Waals surface area contributed by atoms with Crippen LogP contribution in [-0.2, 0) is 25.4 Å². The summed E-state index contributed by atoms with van der Waals surface area (Å²) in [5, 5.41) is 3.50. The molecular formula is C21H25N5O4S. The average Bonchev–Trinajstić information content (AvgIpc) is 3.32. The number of furan rings is 1. The highest BCUT2D eigenvalue weighted by atomic mass is 32.2. The maximum absolute atomic E-state index is 12.9. The number of nitrogens with one attached hydrogen (secondary N) is 1. The Labute approximate surface area is 182 Å². The second-order valence-electron chi connectivity index (χ2n) is 7.77. The molecule has 0 atom stereocenters. The van der Waals surface area contributed by atoms with Gasteiger partial charge in [-0.15, -0.1) is 0 Å². The van der Waals surface area contributed by atoms with Gasteiger partial charge in [0.05, 0.1) is 18.6 Å². The van der Waals surface area contributed by atoms with Gasteiger partial charge >= 0.3 is 5.69 Å². The van der Waals surface area contributed by atoms with Crippen LogP contribution in [0.15, 0.2) is 37.4 Å². The van der Waals surface area contributed by atoms with Crippen LogP contribution in [0.1, 0.15) is 49.6 Å². The first-order valence-electron chi connectivity index (χ1n) is 10.3. The molecule has 1 aliphatic carbocycles. The minimum Gasteiger partial charge on any atom is -0.467 e. The van der Waals surface area contributed by atoms with Crippen LogP contribution >= 0.6 is 11.8 Å². The first-order chi connectivity index (χ1) is 15.0. The largest absolute Gasteiger partial charge is 0.467 e. The maximum atomic E-state index is 12.9. The molecule has 3 heterocycles. The normalized spacial score (nSPS) is 14.8. The number of hydrogen-bond donors (Lipinski definition) is 1. The molecule has 4 rings (SSSR count). The third kappa shape index (κ3) is 4.43. The van der Waals surface area contributed by atoms with Crippen molar-refractivity contribution < 1.29 is 9.21 Å². The van der Waals surface area contributed by atoms with E-state index < -0.39 is 11.2 Å². The van der Waals surface area contributed by atoms with Crippen LogP contribution in [-0.4, -0.2) is 30.8 Å². The minimum absolute atomic E-state index is 0.0862. The monoisotopic (exact) mass is 443 g/mol. The van der Waals surface area contributed by atoms with Crippen LogP contribution in [0.2, 0.25) is 0 Å². The van der Waals surface area contributed by atoms with Crippen LogP contribution < -0.4 is 16.6 Å². The third-order valence-electron chi connectivity index (χ3n) is 5.63. The number of aromatic nitrogens is 4. The smallest absolute Gasteiger partial charge is 0.332 e. The lowest BCUT2D eigenvalue weighted by Gasteiger charge is -2.21. The molecule has 0 spiro atoms. The number of aryl methyl sites for hydroxylation is 1. The van der Waals surface area contributed by atoms with Gasteiger partial charge in [0.2, 0.25) is 5.91 Å². The molecule has 9 nitrogen and oxygen atoms in total. The standard InChI is InChI=1S/C21H25N5O4S/c1-25-18-16(20(28)26(2)21(25)29)19(24-17(23-18)13-7-4-3-5-8-13)31-12-15(27)22-11-14-9-6-10-30-14/h6,9-10,13H,3-5,7-8,11-12H2,1-2H3,(H,22,27). The van der Waals surface area contributed by atoms with Crippen LogP contribution in [0.3, 0.4) is 0 Å². The predicted octanol–water partition coefficient (Wildman–Crippen LogP) is 2.08. The Kier molecular flexibility index (Phi) is 6.26. The zero-order valence-corrected chi connectivity index (χ0v) is 18.4. The van der Waals surface area contributed by atoms with Crippen molar-refractivity contribution in [1.29, 1.82) is 0 Å². The second-order valence-corrected chi connectivity index (χ2v) is 8.74. The second kappa shape index (κ2) is 9.09. The van der Waals surface area contributed by atoms with E-state index in [1.54, 1.807) is 25.4 Å². The fraction of sp³-hybridized carbons (Fsp3) is 0.476. The number of rotatable bonds is 6. The number of amides is 1. The molecule has 0 radical (unpaired) electrons. The van der Waals surface area contributed by atoms with Crippen LogP contribution in [0, 0.1) is 0 Å². The van der Waals surface area contributed by atoms with Gasteiger partial charge in [0, 0.05) is 20.0 Å². The van der Waals surface area contributed by atoms with Gasteiger partial charge in [-0.25, -0.2) is 14.8 Å². The van der Waals surface area contributed by atoms with Gasteiger partial charge in [-0.05, 0) is 25.0 Å². The summed E-state index contributed by atoms with van der Waals surface area (Å²) in [5.41, 5.74) is -0.563. The van der Waals surface area contributed by atoms with E-state index in [9.17, 15) is 14.4 Å². The van der Waals surface area contributed by atoms with Crippen LogP contribution in [0.25, 0.3) is 11.0 Å². The number of fused-ring (bicyclic) bond motifs is 1. The highest BCUT2D eigenvalue weighted by Gasteiger charge is 2.23. The topological polar surface area (TPSA) is 112 Å². The predicted molar refractivity (Wildman–Crippen MR) is 117 cm³/mol.